The molecule has 3 aromatic rings. The smallest absolute Gasteiger partial charge is 0.418 e. The van der Waals surface area contributed by atoms with Crippen LogP contribution < -0.4 is 15.3 Å². The van der Waals surface area contributed by atoms with E-state index in [9.17, 15) is 18.0 Å². The molecule has 2 aliphatic rings. The molecule has 1 aromatic heterocycles. The van der Waals surface area contributed by atoms with Crippen molar-refractivity contribution >= 4 is 16.7 Å². The Bertz CT molecular complexity index is 1200. The average Bonchev–Trinajstić information content (AvgIpc) is 3.19. The lowest BCUT2D eigenvalue weighted by Crippen LogP contribution is -2.33. The van der Waals surface area contributed by atoms with E-state index in [1.165, 1.54) is 12.1 Å². The van der Waals surface area contributed by atoms with Gasteiger partial charge < -0.3 is 14.1 Å². The first-order valence-corrected chi connectivity index (χ1v) is 9.49. The van der Waals surface area contributed by atoms with Gasteiger partial charge in [0.05, 0.1) is 11.3 Å². The Morgan fingerprint density at radius 3 is 2.66 bits per heavy atom. The van der Waals surface area contributed by atoms with E-state index in [4.69, 9.17) is 9.15 Å². The third-order valence-electron chi connectivity index (χ3n) is 5.80. The van der Waals surface area contributed by atoms with Crippen LogP contribution in [0, 0.1) is 6.92 Å². The minimum absolute atomic E-state index is 0.0123. The molecule has 29 heavy (non-hydrogen) atoms. The van der Waals surface area contributed by atoms with Crippen LogP contribution in [0.1, 0.15) is 34.2 Å². The first-order valence-electron chi connectivity index (χ1n) is 9.49. The van der Waals surface area contributed by atoms with Crippen molar-refractivity contribution in [3.63, 3.8) is 0 Å². The minimum Gasteiger partial charge on any atom is -0.472 e. The highest BCUT2D eigenvalue weighted by atomic mass is 19.4. The molecule has 0 radical (unpaired) electrons. The van der Waals surface area contributed by atoms with Crippen LogP contribution in [0.4, 0.5) is 18.9 Å². The summed E-state index contributed by atoms with van der Waals surface area (Å²) in [5.41, 5.74) is 2.84. The number of alkyl halides is 3. The van der Waals surface area contributed by atoms with Gasteiger partial charge in [0.25, 0.3) is 0 Å². The SMILES string of the molecule is Cc1c2c(cc3c4c(c(=O)oc13)CCC4)CN(c1ccccc1C(F)(F)F)CO2. The molecule has 0 bridgehead atoms. The van der Waals surface area contributed by atoms with Gasteiger partial charge in [-0.25, -0.2) is 4.79 Å². The Morgan fingerprint density at radius 2 is 1.86 bits per heavy atom. The van der Waals surface area contributed by atoms with Gasteiger partial charge in [0.1, 0.15) is 11.3 Å². The lowest BCUT2D eigenvalue weighted by atomic mass is 9.98. The Labute approximate surface area is 164 Å². The average molecular weight is 401 g/mol. The van der Waals surface area contributed by atoms with Crippen LogP contribution in [0.15, 0.2) is 39.5 Å². The van der Waals surface area contributed by atoms with Crippen molar-refractivity contribution in [2.75, 3.05) is 11.6 Å². The molecule has 5 rings (SSSR count). The standard InChI is InChI=1S/C22H18F3NO3/c1-12-19-13(9-16-14-5-4-6-15(14)21(27)29-20(12)16)10-26(11-28-19)18-8-3-2-7-17(18)22(23,24)25/h2-3,7-9H,4-6,10-11H2,1H3. The quantitative estimate of drug-likeness (QED) is 0.541. The fraction of sp³-hybridized carbons (Fsp3) is 0.318. The molecular formula is C22H18F3NO3. The second kappa shape index (κ2) is 6.27. The molecule has 0 saturated carbocycles. The number of halogens is 3. The first-order chi connectivity index (χ1) is 13.8. The van der Waals surface area contributed by atoms with Crippen LogP contribution in [-0.2, 0) is 25.6 Å². The van der Waals surface area contributed by atoms with Gasteiger partial charge in [0, 0.05) is 28.6 Å². The van der Waals surface area contributed by atoms with Gasteiger partial charge in [0.15, 0.2) is 6.73 Å². The highest BCUT2D eigenvalue weighted by Crippen LogP contribution is 2.41. The monoisotopic (exact) mass is 401 g/mol. The molecule has 0 fully saturated rings. The fourth-order valence-electron chi connectivity index (χ4n) is 4.48. The number of hydrogen-bond donors (Lipinski definition) is 0. The maximum atomic E-state index is 13.5. The topological polar surface area (TPSA) is 42.7 Å². The van der Waals surface area contributed by atoms with Gasteiger partial charge in [-0.15, -0.1) is 0 Å². The summed E-state index contributed by atoms with van der Waals surface area (Å²) in [5, 5.41) is 0.864. The van der Waals surface area contributed by atoms with Gasteiger partial charge in [-0.3, -0.25) is 0 Å². The van der Waals surface area contributed by atoms with Gasteiger partial charge in [-0.05, 0) is 49.9 Å². The maximum Gasteiger partial charge on any atom is 0.418 e. The molecule has 0 amide bonds. The third-order valence-corrected chi connectivity index (χ3v) is 5.80. The van der Waals surface area contributed by atoms with E-state index in [2.05, 4.69) is 0 Å². The van der Waals surface area contributed by atoms with Crippen molar-refractivity contribution in [1.29, 1.82) is 0 Å². The number of fused-ring (bicyclic) bond motifs is 4. The zero-order valence-electron chi connectivity index (χ0n) is 15.7. The molecule has 150 valence electrons. The molecule has 0 atom stereocenters. The summed E-state index contributed by atoms with van der Waals surface area (Å²) >= 11 is 0. The van der Waals surface area contributed by atoms with Crippen molar-refractivity contribution in [2.24, 2.45) is 0 Å². The van der Waals surface area contributed by atoms with E-state index in [1.54, 1.807) is 11.0 Å². The lowest BCUT2D eigenvalue weighted by molar-refractivity contribution is -0.137. The molecule has 2 heterocycles. The summed E-state index contributed by atoms with van der Waals surface area (Å²) in [6, 6.07) is 7.42. The predicted molar refractivity (Wildman–Crippen MR) is 102 cm³/mol. The van der Waals surface area contributed by atoms with Gasteiger partial charge in [-0.2, -0.15) is 13.2 Å². The fourth-order valence-corrected chi connectivity index (χ4v) is 4.48. The van der Waals surface area contributed by atoms with E-state index in [0.717, 1.165) is 35.4 Å². The Balaban J connectivity index is 1.63. The van der Waals surface area contributed by atoms with Crippen molar-refractivity contribution in [1.82, 2.24) is 0 Å². The van der Waals surface area contributed by atoms with E-state index in [0.29, 0.717) is 28.9 Å². The van der Waals surface area contributed by atoms with Crippen LogP contribution >= 0.6 is 0 Å². The summed E-state index contributed by atoms with van der Waals surface area (Å²) in [6.45, 7) is 2.10. The Hall–Kier alpha value is -2.96. The van der Waals surface area contributed by atoms with Crippen LogP contribution in [0.3, 0.4) is 0 Å². The number of aryl methyl sites for hydroxylation is 2. The zero-order chi connectivity index (χ0) is 20.3. The number of rotatable bonds is 1. The molecule has 0 spiro atoms. The van der Waals surface area contributed by atoms with Crippen molar-refractivity contribution < 1.29 is 22.3 Å². The van der Waals surface area contributed by atoms with E-state index in [-0.39, 0.29) is 24.6 Å². The zero-order valence-corrected chi connectivity index (χ0v) is 15.7. The van der Waals surface area contributed by atoms with E-state index < -0.39 is 11.7 Å². The molecule has 0 saturated heterocycles. The number of ether oxygens (including phenoxy) is 1. The molecule has 4 nitrogen and oxygen atoms in total. The van der Waals surface area contributed by atoms with Gasteiger partial charge >= 0.3 is 11.8 Å². The maximum absolute atomic E-state index is 13.5. The van der Waals surface area contributed by atoms with Crippen LogP contribution in [0.2, 0.25) is 0 Å². The van der Waals surface area contributed by atoms with E-state index >= 15 is 0 Å². The molecule has 7 heteroatoms. The molecule has 1 aliphatic heterocycles. The van der Waals surface area contributed by atoms with Gasteiger partial charge in [-0.1, -0.05) is 12.1 Å². The highest BCUT2D eigenvalue weighted by molar-refractivity contribution is 5.88. The predicted octanol–water partition coefficient (Wildman–Crippen LogP) is 4.97. The summed E-state index contributed by atoms with van der Waals surface area (Å²) in [7, 11) is 0. The summed E-state index contributed by atoms with van der Waals surface area (Å²) in [5.74, 6) is 0.583. The van der Waals surface area contributed by atoms with Crippen LogP contribution in [0.5, 0.6) is 5.75 Å². The number of hydrogen-bond acceptors (Lipinski definition) is 4. The number of anilines is 1. The molecule has 2 aromatic carbocycles. The van der Waals surface area contributed by atoms with Crippen molar-refractivity contribution in [3.05, 3.63) is 68.6 Å². The molecular weight excluding hydrogens is 383 g/mol. The number of para-hydroxylation sites is 1. The highest BCUT2D eigenvalue weighted by Gasteiger charge is 2.36. The first kappa shape index (κ1) is 18.1. The molecule has 0 unspecified atom stereocenters. The number of nitrogens with zero attached hydrogens (tertiary/aromatic N) is 1. The lowest BCUT2D eigenvalue weighted by Gasteiger charge is -2.33. The second-order valence-electron chi connectivity index (χ2n) is 7.55. The molecule has 0 N–H and O–H groups in total. The summed E-state index contributed by atoms with van der Waals surface area (Å²) in [4.78, 5) is 13.9. The number of benzene rings is 2. The Morgan fingerprint density at radius 1 is 1.10 bits per heavy atom. The molecule has 1 aliphatic carbocycles. The minimum atomic E-state index is -4.44. The van der Waals surface area contributed by atoms with Crippen LogP contribution in [-0.4, -0.2) is 6.73 Å². The van der Waals surface area contributed by atoms with Crippen molar-refractivity contribution in [2.45, 2.75) is 38.9 Å². The summed E-state index contributed by atoms with van der Waals surface area (Å²) < 4.78 is 51.8. The van der Waals surface area contributed by atoms with Crippen LogP contribution in [0.25, 0.3) is 11.0 Å². The normalized spacial score (nSPS) is 15.9. The second-order valence-corrected chi connectivity index (χ2v) is 7.55. The Kier molecular flexibility index (Phi) is 3.91. The van der Waals surface area contributed by atoms with Gasteiger partial charge in [0.2, 0.25) is 0 Å². The van der Waals surface area contributed by atoms with E-state index in [1.807, 2.05) is 13.0 Å². The van der Waals surface area contributed by atoms with Crippen molar-refractivity contribution in [3.8, 4) is 5.75 Å². The summed E-state index contributed by atoms with van der Waals surface area (Å²) in [6.07, 6.45) is -2.04. The third kappa shape index (κ3) is 2.79. The largest absolute Gasteiger partial charge is 0.472 e.